The van der Waals surface area contributed by atoms with Crippen LogP contribution in [0.2, 0.25) is 10.4 Å². The Hall–Kier alpha value is 0.640. The van der Waals surface area contributed by atoms with E-state index in [1.54, 1.807) is 4.45 Å². The Balaban J connectivity index is 2.85. The number of aromatic nitrogens is 4. The van der Waals surface area contributed by atoms with Crippen LogP contribution in [0.1, 0.15) is 0 Å². The first-order valence-corrected chi connectivity index (χ1v) is 9.74. The van der Waals surface area contributed by atoms with E-state index in [0.29, 0.717) is 17.2 Å². The summed E-state index contributed by atoms with van der Waals surface area (Å²) in [6.45, 7) is 0. The fourth-order valence-corrected chi connectivity index (χ4v) is 3.67. The van der Waals surface area contributed by atoms with Gasteiger partial charge in [-0.25, -0.2) is 9.44 Å². The van der Waals surface area contributed by atoms with Crippen LogP contribution < -0.4 is 0 Å². The quantitative estimate of drug-likeness (QED) is 0.257. The molecule has 0 bridgehead atoms. The monoisotopic (exact) mass is 392 g/mol. The van der Waals surface area contributed by atoms with Crippen molar-refractivity contribution in [3.8, 4) is 0 Å². The summed E-state index contributed by atoms with van der Waals surface area (Å²) >= 11 is 15.5. The number of halogens is 3. The van der Waals surface area contributed by atoms with Gasteiger partial charge < -0.3 is 0 Å². The summed E-state index contributed by atoms with van der Waals surface area (Å²) in [5.41, 5.74) is 0.692. The summed E-state index contributed by atoms with van der Waals surface area (Å²) in [7, 11) is 0. The maximum absolute atomic E-state index is 6.03. The Kier molecular flexibility index (Phi) is 3.93. The number of hydrogen-bond acceptors (Lipinski definition) is 4. The van der Waals surface area contributed by atoms with E-state index in [2.05, 4.69) is 37.1 Å². The van der Waals surface area contributed by atoms with Crippen molar-refractivity contribution in [3.63, 3.8) is 0 Å². The normalized spacial score (nSPS) is 12.0. The molecule has 9 heteroatoms. The van der Waals surface area contributed by atoms with Gasteiger partial charge in [0, 0.05) is 0 Å². The van der Waals surface area contributed by atoms with Crippen LogP contribution in [0.3, 0.4) is 0 Å². The van der Waals surface area contributed by atoms with Crippen molar-refractivity contribution in [2.75, 3.05) is 6.26 Å². The molecule has 2 aromatic rings. The highest BCUT2D eigenvalue weighted by atomic mass is 127. The van der Waals surface area contributed by atoms with Gasteiger partial charge in [-0.05, 0) is 39.9 Å². The molecule has 80 valence electrons. The fourth-order valence-electron chi connectivity index (χ4n) is 1.13. The van der Waals surface area contributed by atoms with Gasteiger partial charge in [0.05, 0.1) is 11.8 Å². The molecule has 2 heterocycles. The van der Waals surface area contributed by atoms with Crippen molar-refractivity contribution in [2.24, 2.45) is 0 Å². The molecule has 4 nitrogen and oxygen atoms in total. The van der Waals surface area contributed by atoms with Gasteiger partial charge in [-0.15, -0.1) is 11.8 Å². The van der Waals surface area contributed by atoms with E-state index in [4.69, 9.17) is 23.2 Å². The molecule has 0 amide bonds. The molecular formula is C6H4Cl2IN4PS. The lowest BCUT2D eigenvalue weighted by Crippen LogP contribution is -1.90. The molecule has 0 aliphatic heterocycles. The number of rotatable bonds is 2. The van der Waals surface area contributed by atoms with E-state index < -0.39 is 0 Å². The van der Waals surface area contributed by atoms with Crippen LogP contribution in [-0.4, -0.2) is 25.8 Å². The second kappa shape index (κ2) is 4.87. The van der Waals surface area contributed by atoms with E-state index in [1.165, 1.54) is 11.8 Å². The summed E-state index contributed by atoms with van der Waals surface area (Å²) in [4.78, 5) is 8.24. The van der Waals surface area contributed by atoms with E-state index in [0.717, 1.165) is 10.4 Å². The highest BCUT2D eigenvalue weighted by molar-refractivity contribution is 14.2. The second-order valence-corrected chi connectivity index (χ2v) is 6.02. The van der Waals surface area contributed by atoms with E-state index in [1.807, 2.05) is 6.26 Å². The van der Waals surface area contributed by atoms with Gasteiger partial charge in [-0.2, -0.15) is 10.1 Å². The van der Waals surface area contributed by atoms with Crippen molar-refractivity contribution in [1.29, 1.82) is 0 Å². The largest absolute Gasteiger partial charge is 0.225 e. The van der Waals surface area contributed by atoms with Gasteiger partial charge in [0.1, 0.15) is 5.03 Å². The van der Waals surface area contributed by atoms with Crippen LogP contribution in [0, 0.1) is 0 Å². The lowest BCUT2D eigenvalue weighted by atomic mass is 10.4. The summed E-state index contributed by atoms with van der Waals surface area (Å²) in [5, 5.41) is 6.35. The Morgan fingerprint density at radius 3 is 2.73 bits per heavy atom. The third kappa shape index (κ3) is 2.20. The van der Waals surface area contributed by atoms with Crippen molar-refractivity contribution in [2.45, 2.75) is 5.03 Å². The van der Waals surface area contributed by atoms with Gasteiger partial charge in [-0.3, -0.25) is 0 Å². The standard InChI is InChI=1S/C6H4Cl2IN4PS/c1-15-5-2-3(7)12-13(14-9)4(2)10-6(8)11-5/h14H,1H3. The van der Waals surface area contributed by atoms with Crippen LogP contribution in [0.25, 0.3) is 11.0 Å². The highest BCUT2D eigenvalue weighted by Gasteiger charge is 2.16. The summed E-state index contributed by atoms with van der Waals surface area (Å²) in [6, 6.07) is 0. The number of nitrogens with zero attached hydrogens (tertiary/aromatic N) is 4. The SMILES string of the molecule is CSc1nc(Cl)nc2c1c(Cl)nn2PI. The van der Waals surface area contributed by atoms with Crippen molar-refractivity contribution >= 4 is 74.4 Å². The minimum atomic E-state index is 0.222. The third-order valence-electron chi connectivity index (χ3n) is 1.70. The smallest absolute Gasteiger partial charge is 0.218 e. The third-order valence-corrected chi connectivity index (χ3v) is 4.66. The first-order chi connectivity index (χ1) is 7.17. The first-order valence-electron chi connectivity index (χ1n) is 3.69. The van der Waals surface area contributed by atoms with Crippen molar-refractivity contribution < 1.29 is 0 Å². The van der Waals surface area contributed by atoms with Gasteiger partial charge in [-0.1, -0.05) is 11.6 Å². The molecule has 15 heavy (non-hydrogen) atoms. The van der Waals surface area contributed by atoms with Crippen molar-refractivity contribution in [3.05, 3.63) is 10.4 Å². The Bertz CT molecular complexity index is 519. The number of thioether (sulfide) groups is 1. The minimum absolute atomic E-state index is 0.222. The summed E-state index contributed by atoms with van der Waals surface area (Å²) < 4.78 is 1.73. The maximum Gasteiger partial charge on any atom is 0.225 e. The zero-order valence-electron chi connectivity index (χ0n) is 7.33. The highest BCUT2D eigenvalue weighted by Crippen LogP contribution is 2.35. The molecule has 2 aromatic heterocycles. The lowest BCUT2D eigenvalue weighted by molar-refractivity contribution is 1.01. The van der Waals surface area contributed by atoms with Gasteiger partial charge in [0.15, 0.2) is 10.8 Å². The second-order valence-electron chi connectivity index (χ2n) is 2.49. The fraction of sp³-hybridized carbons (Fsp3) is 0.167. The Morgan fingerprint density at radius 2 is 2.13 bits per heavy atom. The average molecular weight is 393 g/mol. The zero-order valence-corrected chi connectivity index (χ0v) is 12.8. The summed E-state index contributed by atoms with van der Waals surface area (Å²) in [5.74, 6) is 0. The molecule has 1 unspecified atom stereocenters. The van der Waals surface area contributed by atoms with E-state index in [-0.39, 0.29) is 5.28 Å². The number of hydrogen-bond donors (Lipinski definition) is 0. The molecule has 2 rings (SSSR count). The average Bonchev–Trinajstić information content (AvgIpc) is 2.54. The number of fused-ring (bicyclic) bond motifs is 1. The van der Waals surface area contributed by atoms with Crippen LogP contribution in [-0.2, 0) is 0 Å². The molecule has 0 aliphatic carbocycles. The topological polar surface area (TPSA) is 43.6 Å². The van der Waals surface area contributed by atoms with Crippen LogP contribution >= 0.6 is 63.4 Å². The molecular weight excluding hydrogens is 389 g/mol. The minimum Gasteiger partial charge on any atom is -0.218 e. The Labute approximate surface area is 115 Å². The predicted octanol–water partition coefficient (Wildman–Crippen LogP) is 3.65. The molecule has 0 saturated carbocycles. The molecule has 0 aliphatic rings. The van der Waals surface area contributed by atoms with Crippen LogP contribution in [0.4, 0.5) is 0 Å². The summed E-state index contributed by atoms with van der Waals surface area (Å²) in [6.07, 6.45) is 2.35. The zero-order chi connectivity index (χ0) is 11.0. The van der Waals surface area contributed by atoms with E-state index >= 15 is 0 Å². The molecule has 0 radical (unpaired) electrons. The lowest BCUT2D eigenvalue weighted by Gasteiger charge is -1.99. The van der Waals surface area contributed by atoms with Gasteiger partial charge in [0.2, 0.25) is 5.28 Å². The van der Waals surface area contributed by atoms with Crippen molar-refractivity contribution in [1.82, 2.24) is 19.5 Å². The molecule has 0 saturated heterocycles. The maximum atomic E-state index is 6.03. The molecule has 0 aromatic carbocycles. The van der Waals surface area contributed by atoms with Crippen LogP contribution in [0.15, 0.2) is 5.03 Å². The molecule has 0 fully saturated rings. The molecule has 1 atom stereocenters. The predicted molar refractivity (Wildman–Crippen MR) is 74.9 cm³/mol. The molecule has 0 spiro atoms. The molecule has 0 N–H and O–H groups in total. The van der Waals surface area contributed by atoms with Gasteiger partial charge in [0.25, 0.3) is 0 Å². The van der Waals surface area contributed by atoms with Crippen LogP contribution in [0.5, 0.6) is 0 Å². The van der Waals surface area contributed by atoms with E-state index in [9.17, 15) is 0 Å². The van der Waals surface area contributed by atoms with Gasteiger partial charge >= 0.3 is 0 Å². The first kappa shape index (κ1) is 12.1. The Morgan fingerprint density at radius 1 is 1.40 bits per heavy atom.